The second-order valence-corrected chi connectivity index (χ2v) is 7.24. The Morgan fingerprint density at radius 2 is 1.91 bits per heavy atom. The van der Waals surface area contributed by atoms with Crippen LogP contribution in [0.4, 0.5) is 5.69 Å². The molecule has 0 radical (unpaired) electrons. The molecule has 1 amide bonds. The van der Waals surface area contributed by atoms with Gasteiger partial charge in [-0.05, 0) is 35.9 Å². The first-order chi connectivity index (χ1) is 16.2. The van der Waals surface area contributed by atoms with Crippen LogP contribution in [0.3, 0.4) is 0 Å². The molecule has 4 aromatic rings. The Kier molecular flexibility index (Phi) is 7.11. The summed E-state index contributed by atoms with van der Waals surface area (Å²) in [7, 11) is 1.71. The summed E-state index contributed by atoms with van der Waals surface area (Å²) >= 11 is 0. The number of nitrogens with zero attached hydrogens (tertiary/aromatic N) is 4. The number of aliphatic imine (C=N–C) groups is 1. The summed E-state index contributed by atoms with van der Waals surface area (Å²) in [4.78, 5) is 21.0. The lowest BCUT2D eigenvalue weighted by Gasteiger charge is -2.12. The SMILES string of the molecule is CN=C(NCc1cccc(NC(=O)Cn2cccn2)c1)NCc1coc(-c2ccccc2)n1. The van der Waals surface area contributed by atoms with Crippen molar-refractivity contribution in [3.63, 3.8) is 0 Å². The molecule has 0 aliphatic heterocycles. The van der Waals surface area contributed by atoms with Crippen LogP contribution in [0.5, 0.6) is 0 Å². The van der Waals surface area contributed by atoms with Crippen molar-refractivity contribution in [3.05, 3.63) is 90.6 Å². The number of aromatic nitrogens is 3. The van der Waals surface area contributed by atoms with Crippen LogP contribution in [0.25, 0.3) is 11.5 Å². The maximum absolute atomic E-state index is 12.2. The topological polar surface area (TPSA) is 109 Å². The summed E-state index contributed by atoms with van der Waals surface area (Å²) < 4.78 is 7.15. The molecule has 0 unspecified atom stereocenters. The van der Waals surface area contributed by atoms with E-state index in [0.29, 0.717) is 24.9 Å². The van der Waals surface area contributed by atoms with Crippen LogP contribution < -0.4 is 16.0 Å². The Labute approximate surface area is 191 Å². The molecule has 0 atom stereocenters. The van der Waals surface area contributed by atoms with Gasteiger partial charge in [0, 0.05) is 37.2 Å². The number of oxazole rings is 1. The minimum absolute atomic E-state index is 0.135. The van der Waals surface area contributed by atoms with Crippen molar-refractivity contribution in [1.82, 2.24) is 25.4 Å². The molecular weight excluding hydrogens is 418 g/mol. The first-order valence-corrected chi connectivity index (χ1v) is 10.5. The van der Waals surface area contributed by atoms with Gasteiger partial charge in [-0.25, -0.2) is 4.98 Å². The lowest BCUT2D eigenvalue weighted by molar-refractivity contribution is -0.116. The third kappa shape index (κ3) is 6.30. The summed E-state index contributed by atoms with van der Waals surface area (Å²) in [5, 5.41) is 13.4. The maximum atomic E-state index is 12.2. The normalized spacial score (nSPS) is 11.2. The molecular formula is C24H25N7O2. The summed E-state index contributed by atoms with van der Waals surface area (Å²) in [6.45, 7) is 1.18. The van der Waals surface area contributed by atoms with E-state index in [-0.39, 0.29) is 12.5 Å². The van der Waals surface area contributed by atoms with Gasteiger partial charge in [0.05, 0.1) is 12.2 Å². The van der Waals surface area contributed by atoms with Crippen molar-refractivity contribution in [2.75, 3.05) is 12.4 Å². The zero-order valence-electron chi connectivity index (χ0n) is 18.2. The van der Waals surface area contributed by atoms with Crippen LogP contribution in [-0.2, 0) is 24.4 Å². The third-order valence-corrected chi connectivity index (χ3v) is 4.77. The Morgan fingerprint density at radius 1 is 1.06 bits per heavy atom. The van der Waals surface area contributed by atoms with E-state index in [1.165, 1.54) is 0 Å². The summed E-state index contributed by atoms with van der Waals surface area (Å²) in [5.41, 5.74) is 3.44. The third-order valence-electron chi connectivity index (χ3n) is 4.77. The largest absolute Gasteiger partial charge is 0.444 e. The minimum Gasteiger partial charge on any atom is -0.444 e. The highest BCUT2D eigenvalue weighted by atomic mass is 16.3. The molecule has 33 heavy (non-hydrogen) atoms. The molecule has 9 heteroatoms. The zero-order valence-corrected chi connectivity index (χ0v) is 18.2. The molecule has 3 N–H and O–H groups in total. The van der Waals surface area contributed by atoms with E-state index in [4.69, 9.17) is 4.42 Å². The van der Waals surface area contributed by atoms with Gasteiger partial charge in [0.25, 0.3) is 0 Å². The van der Waals surface area contributed by atoms with E-state index in [1.807, 2.05) is 54.6 Å². The van der Waals surface area contributed by atoms with Gasteiger partial charge >= 0.3 is 0 Å². The van der Waals surface area contributed by atoms with Gasteiger partial charge in [0.15, 0.2) is 5.96 Å². The molecule has 0 spiro atoms. The summed E-state index contributed by atoms with van der Waals surface area (Å²) in [6, 6.07) is 19.2. The molecule has 0 saturated carbocycles. The lowest BCUT2D eigenvalue weighted by Crippen LogP contribution is -2.36. The Bertz CT molecular complexity index is 1200. The second-order valence-electron chi connectivity index (χ2n) is 7.24. The van der Waals surface area contributed by atoms with Gasteiger partial charge in [0.1, 0.15) is 12.8 Å². The molecule has 9 nitrogen and oxygen atoms in total. The second kappa shape index (κ2) is 10.8. The number of guanidine groups is 1. The first-order valence-electron chi connectivity index (χ1n) is 10.5. The predicted molar refractivity (Wildman–Crippen MR) is 126 cm³/mol. The van der Waals surface area contributed by atoms with Crippen LogP contribution in [0.2, 0.25) is 0 Å². The van der Waals surface area contributed by atoms with Crippen LogP contribution in [0.15, 0.2) is 88.7 Å². The average molecular weight is 444 g/mol. The molecule has 2 aromatic heterocycles. The van der Waals surface area contributed by atoms with Gasteiger partial charge < -0.3 is 20.4 Å². The fourth-order valence-electron chi connectivity index (χ4n) is 3.18. The van der Waals surface area contributed by atoms with Crippen molar-refractivity contribution in [1.29, 1.82) is 0 Å². The minimum atomic E-state index is -0.135. The quantitative estimate of drug-likeness (QED) is 0.285. The van der Waals surface area contributed by atoms with Crippen molar-refractivity contribution in [2.45, 2.75) is 19.6 Å². The van der Waals surface area contributed by atoms with Gasteiger partial charge in [-0.15, -0.1) is 0 Å². The van der Waals surface area contributed by atoms with Crippen LogP contribution in [0.1, 0.15) is 11.3 Å². The van der Waals surface area contributed by atoms with Crippen molar-refractivity contribution in [2.24, 2.45) is 4.99 Å². The molecule has 4 rings (SSSR count). The molecule has 2 heterocycles. The number of hydrogen-bond donors (Lipinski definition) is 3. The number of amides is 1. The number of rotatable bonds is 8. The monoisotopic (exact) mass is 443 g/mol. The molecule has 0 bridgehead atoms. The first kappa shape index (κ1) is 21.8. The number of carbonyl (C=O) groups excluding carboxylic acids is 1. The van der Waals surface area contributed by atoms with Crippen LogP contribution in [-0.4, -0.2) is 33.7 Å². The van der Waals surface area contributed by atoms with E-state index in [1.54, 1.807) is 36.5 Å². The number of benzene rings is 2. The smallest absolute Gasteiger partial charge is 0.246 e. The van der Waals surface area contributed by atoms with Gasteiger partial charge in [-0.1, -0.05) is 30.3 Å². The molecule has 0 saturated heterocycles. The highest BCUT2D eigenvalue weighted by molar-refractivity contribution is 5.90. The average Bonchev–Trinajstić information content (AvgIpc) is 3.52. The Hall–Kier alpha value is -4.40. The van der Waals surface area contributed by atoms with E-state index >= 15 is 0 Å². The summed E-state index contributed by atoms with van der Waals surface area (Å²) in [5.74, 6) is 1.08. The number of nitrogens with one attached hydrogen (secondary N) is 3. The molecule has 0 aliphatic carbocycles. The van der Waals surface area contributed by atoms with E-state index < -0.39 is 0 Å². The predicted octanol–water partition coefficient (Wildman–Crippen LogP) is 3.04. The molecule has 0 fully saturated rings. The van der Waals surface area contributed by atoms with E-state index in [2.05, 4.69) is 31.0 Å². The zero-order chi connectivity index (χ0) is 22.9. The van der Waals surface area contributed by atoms with Crippen LogP contribution >= 0.6 is 0 Å². The number of carbonyl (C=O) groups is 1. The highest BCUT2D eigenvalue weighted by Crippen LogP contribution is 2.17. The van der Waals surface area contributed by atoms with Crippen molar-refractivity contribution in [3.8, 4) is 11.5 Å². The number of hydrogen-bond acceptors (Lipinski definition) is 5. The standard InChI is InChI=1S/C24H25N7O2/c1-25-24(27-15-21-17-33-23(30-21)19-8-3-2-4-9-19)26-14-18-7-5-10-20(13-18)29-22(32)16-31-12-6-11-28-31/h2-13,17H,14-16H2,1H3,(H,29,32)(H2,25,26,27). The lowest BCUT2D eigenvalue weighted by atomic mass is 10.2. The Morgan fingerprint density at radius 3 is 2.70 bits per heavy atom. The fraction of sp³-hybridized carbons (Fsp3) is 0.167. The number of anilines is 1. The Balaban J connectivity index is 1.27. The molecule has 2 aromatic carbocycles. The van der Waals surface area contributed by atoms with Gasteiger partial charge in [0.2, 0.25) is 11.8 Å². The fourth-order valence-corrected chi connectivity index (χ4v) is 3.18. The van der Waals surface area contributed by atoms with E-state index in [0.717, 1.165) is 22.5 Å². The van der Waals surface area contributed by atoms with Crippen molar-refractivity contribution >= 4 is 17.6 Å². The van der Waals surface area contributed by atoms with Crippen molar-refractivity contribution < 1.29 is 9.21 Å². The highest BCUT2D eigenvalue weighted by Gasteiger charge is 2.08. The molecule has 0 aliphatic rings. The van der Waals surface area contributed by atoms with E-state index in [9.17, 15) is 4.79 Å². The maximum Gasteiger partial charge on any atom is 0.246 e. The molecule has 168 valence electrons. The summed E-state index contributed by atoms with van der Waals surface area (Å²) in [6.07, 6.45) is 5.03. The van der Waals surface area contributed by atoms with Gasteiger partial charge in [-0.3, -0.25) is 14.5 Å². The van der Waals surface area contributed by atoms with Gasteiger partial charge in [-0.2, -0.15) is 5.10 Å². The van der Waals surface area contributed by atoms with Crippen LogP contribution in [0, 0.1) is 0 Å².